The Balaban J connectivity index is 4.13. The standard InChI is InChI=1S/C7H10F5/c1-2-5(9)6(10)7(11,12)3-4-8/h5-6H,1-4H2/t5?,6-/m0/s1. The molecule has 0 N–H and O–H groups in total. The van der Waals surface area contributed by atoms with Crippen LogP contribution < -0.4 is 0 Å². The van der Waals surface area contributed by atoms with Crippen molar-refractivity contribution in [3.8, 4) is 0 Å². The zero-order valence-corrected chi connectivity index (χ0v) is 6.37. The third-order valence-electron chi connectivity index (χ3n) is 1.42. The topological polar surface area (TPSA) is 0 Å². The first-order valence-electron chi connectivity index (χ1n) is 3.47. The zero-order chi connectivity index (χ0) is 9.78. The van der Waals surface area contributed by atoms with E-state index in [0.717, 1.165) is 0 Å². The monoisotopic (exact) mass is 189 g/mol. The fourth-order valence-corrected chi connectivity index (χ4v) is 0.675. The van der Waals surface area contributed by atoms with Crippen LogP contribution in [0.3, 0.4) is 0 Å². The first kappa shape index (κ1) is 11.6. The molecule has 0 aromatic rings. The maximum Gasteiger partial charge on any atom is 0.284 e. The maximum absolute atomic E-state index is 12.4. The number of hydrogen-bond donors (Lipinski definition) is 0. The van der Waals surface area contributed by atoms with Crippen molar-refractivity contribution in [2.24, 2.45) is 0 Å². The lowest BCUT2D eigenvalue weighted by Crippen LogP contribution is -2.37. The second-order valence-corrected chi connectivity index (χ2v) is 2.41. The van der Waals surface area contributed by atoms with Crippen LogP contribution in [0, 0.1) is 6.92 Å². The lowest BCUT2D eigenvalue weighted by Gasteiger charge is -2.21. The summed E-state index contributed by atoms with van der Waals surface area (Å²) in [5, 5.41) is 0. The average Bonchev–Trinajstić information content (AvgIpc) is 2.01. The van der Waals surface area contributed by atoms with Crippen molar-refractivity contribution in [3.05, 3.63) is 6.92 Å². The second-order valence-electron chi connectivity index (χ2n) is 2.41. The highest BCUT2D eigenvalue weighted by molar-refractivity contribution is 4.83. The number of alkyl halides is 5. The fourth-order valence-electron chi connectivity index (χ4n) is 0.675. The maximum atomic E-state index is 12.4. The van der Waals surface area contributed by atoms with Gasteiger partial charge < -0.3 is 0 Å². The van der Waals surface area contributed by atoms with Gasteiger partial charge in [0.05, 0.1) is 6.67 Å². The zero-order valence-electron chi connectivity index (χ0n) is 6.37. The molecule has 0 bridgehead atoms. The van der Waals surface area contributed by atoms with Crippen LogP contribution in [-0.2, 0) is 0 Å². The minimum absolute atomic E-state index is 0.580. The van der Waals surface area contributed by atoms with E-state index in [1.807, 2.05) is 0 Å². The molecule has 1 unspecified atom stereocenters. The highest BCUT2D eigenvalue weighted by Gasteiger charge is 2.44. The number of hydrogen-bond acceptors (Lipinski definition) is 0. The molecule has 0 saturated heterocycles. The van der Waals surface area contributed by atoms with Gasteiger partial charge in [0.2, 0.25) is 0 Å². The van der Waals surface area contributed by atoms with E-state index in [1.165, 1.54) is 0 Å². The van der Waals surface area contributed by atoms with Gasteiger partial charge in [0.25, 0.3) is 5.92 Å². The van der Waals surface area contributed by atoms with Crippen LogP contribution in [0.1, 0.15) is 12.8 Å². The molecule has 1 radical (unpaired) electrons. The van der Waals surface area contributed by atoms with Crippen molar-refractivity contribution in [1.29, 1.82) is 0 Å². The molecule has 0 saturated carbocycles. The van der Waals surface area contributed by atoms with Gasteiger partial charge in [0.15, 0.2) is 6.17 Å². The van der Waals surface area contributed by atoms with E-state index in [2.05, 4.69) is 6.92 Å². The molecule has 73 valence electrons. The van der Waals surface area contributed by atoms with Gasteiger partial charge in [-0.3, -0.25) is 4.39 Å². The summed E-state index contributed by atoms with van der Waals surface area (Å²) < 4.78 is 60.9. The van der Waals surface area contributed by atoms with Gasteiger partial charge in [-0.1, -0.05) is 6.92 Å². The van der Waals surface area contributed by atoms with E-state index in [4.69, 9.17) is 0 Å². The summed E-state index contributed by atoms with van der Waals surface area (Å²) >= 11 is 0. The first-order chi connectivity index (χ1) is 5.45. The van der Waals surface area contributed by atoms with Crippen LogP contribution in [0.5, 0.6) is 0 Å². The van der Waals surface area contributed by atoms with Crippen molar-refractivity contribution in [3.63, 3.8) is 0 Å². The molecule has 0 aliphatic heterocycles. The smallest absolute Gasteiger partial charge is 0.251 e. The molecule has 0 aromatic carbocycles. The highest BCUT2D eigenvalue weighted by Crippen LogP contribution is 2.30. The summed E-state index contributed by atoms with van der Waals surface area (Å²) in [7, 11) is 0. The van der Waals surface area contributed by atoms with Gasteiger partial charge in [-0.25, -0.2) is 17.6 Å². The molecule has 0 heterocycles. The summed E-state index contributed by atoms with van der Waals surface area (Å²) in [6.45, 7) is 1.57. The Hall–Kier alpha value is -0.350. The molecule has 0 aromatic heterocycles. The highest BCUT2D eigenvalue weighted by atomic mass is 19.3. The minimum atomic E-state index is -3.92. The lowest BCUT2D eigenvalue weighted by atomic mass is 10.1. The summed E-state index contributed by atoms with van der Waals surface area (Å²) in [6, 6.07) is 0. The molecule has 0 spiro atoms. The third kappa shape index (κ3) is 2.95. The fraction of sp³-hybridized carbons (Fsp3) is 0.857. The summed E-state index contributed by atoms with van der Waals surface area (Å²) in [6.07, 6.45) is -7.14. The summed E-state index contributed by atoms with van der Waals surface area (Å²) in [4.78, 5) is 0. The van der Waals surface area contributed by atoms with Gasteiger partial charge in [-0.05, 0) is 6.42 Å². The Labute approximate surface area is 67.8 Å². The van der Waals surface area contributed by atoms with Crippen molar-refractivity contribution in [1.82, 2.24) is 0 Å². The van der Waals surface area contributed by atoms with Crippen LogP contribution in [0.2, 0.25) is 0 Å². The summed E-state index contributed by atoms with van der Waals surface area (Å²) in [5.41, 5.74) is 0. The Morgan fingerprint density at radius 3 is 2.08 bits per heavy atom. The molecule has 2 atom stereocenters. The van der Waals surface area contributed by atoms with Gasteiger partial charge >= 0.3 is 0 Å². The minimum Gasteiger partial charge on any atom is -0.251 e. The normalized spacial score (nSPS) is 17.5. The number of halogens is 5. The molecular weight excluding hydrogens is 179 g/mol. The average molecular weight is 189 g/mol. The molecule has 0 aliphatic carbocycles. The van der Waals surface area contributed by atoms with Gasteiger partial charge in [0.1, 0.15) is 6.17 Å². The van der Waals surface area contributed by atoms with E-state index in [0.29, 0.717) is 0 Å². The van der Waals surface area contributed by atoms with Gasteiger partial charge in [-0.15, -0.1) is 0 Å². The molecule has 0 aliphatic rings. The van der Waals surface area contributed by atoms with Crippen molar-refractivity contribution < 1.29 is 22.0 Å². The van der Waals surface area contributed by atoms with Crippen LogP contribution in [-0.4, -0.2) is 24.9 Å². The Kier molecular flexibility index (Phi) is 4.49. The van der Waals surface area contributed by atoms with Crippen molar-refractivity contribution in [2.75, 3.05) is 6.67 Å². The molecule has 5 heteroatoms. The molecule has 0 fully saturated rings. The van der Waals surface area contributed by atoms with E-state index in [1.54, 1.807) is 0 Å². The lowest BCUT2D eigenvalue weighted by molar-refractivity contribution is -0.106. The van der Waals surface area contributed by atoms with Crippen LogP contribution in [0.15, 0.2) is 0 Å². The second kappa shape index (κ2) is 4.62. The van der Waals surface area contributed by atoms with Crippen molar-refractivity contribution >= 4 is 0 Å². The largest absolute Gasteiger partial charge is 0.284 e. The van der Waals surface area contributed by atoms with E-state index in [-0.39, 0.29) is 0 Å². The predicted molar refractivity (Wildman–Crippen MR) is 35.3 cm³/mol. The van der Waals surface area contributed by atoms with Crippen LogP contribution in [0.4, 0.5) is 22.0 Å². The van der Waals surface area contributed by atoms with Crippen molar-refractivity contribution in [2.45, 2.75) is 31.1 Å². The van der Waals surface area contributed by atoms with E-state index < -0.39 is 37.8 Å². The Bertz CT molecular complexity index is 125. The molecule has 0 rings (SSSR count). The Morgan fingerprint density at radius 2 is 1.75 bits per heavy atom. The molecular formula is C7H10F5. The molecule has 12 heavy (non-hydrogen) atoms. The third-order valence-corrected chi connectivity index (χ3v) is 1.42. The molecule has 0 amide bonds. The van der Waals surface area contributed by atoms with E-state index >= 15 is 0 Å². The van der Waals surface area contributed by atoms with Gasteiger partial charge in [0, 0.05) is 6.42 Å². The SMILES string of the molecule is [CH2]CC(F)[C@H](F)C(F)(F)CCF. The molecule has 0 nitrogen and oxygen atoms in total. The summed E-state index contributed by atoms with van der Waals surface area (Å²) in [5.74, 6) is -3.92. The van der Waals surface area contributed by atoms with Gasteiger partial charge in [-0.2, -0.15) is 0 Å². The quantitative estimate of drug-likeness (QED) is 0.583. The van der Waals surface area contributed by atoms with Crippen LogP contribution >= 0.6 is 0 Å². The Morgan fingerprint density at radius 1 is 1.25 bits per heavy atom. The van der Waals surface area contributed by atoms with E-state index in [9.17, 15) is 22.0 Å². The first-order valence-corrected chi connectivity index (χ1v) is 3.47. The van der Waals surface area contributed by atoms with Crippen LogP contribution in [0.25, 0.3) is 0 Å². The number of rotatable bonds is 5. The predicted octanol–water partition coefficient (Wildman–Crippen LogP) is 2.88.